The average Bonchev–Trinajstić information content (AvgIpc) is 3.22. The van der Waals surface area contributed by atoms with Crippen molar-refractivity contribution in [2.24, 2.45) is 0 Å². The standard InChI is InChI=1S/C16H19FN4O3/c1-23-10-13-7-14(24-2)9-20(13)16(22)15-8-18-21(19-15)12-5-3-11(17)4-6-12/h3-6,8,13-14H,7,9-10H2,1-2H3/t13-,14-/m0/s1. The summed E-state index contributed by atoms with van der Waals surface area (Å²) in [5, 5.41) is 8.30. The van der Waals surface area contributed by atoms with Crippen LogP contribution in [0.3, 0.4) is 0 Å². The largest absolute Gasteiger partial charge is 0.383 e. The van der Waals surface area contributed by atoms with E-state index in [1.54, 1.807) is 31.3 Å². The Balaban J connectivity index is 1.78. The molecule has 0 bridgehead atoms. The minimum Gasteiger partial charge on any atom is -0.383 e. The first-order valence-corrected chi connectivity index (χ1v) is 7.63. The number of halogens is 1. The normalized spacial score (nSPS) is 20.5. The van der Waals surface area contributed by atoms with Crippen molar-refractivity contribution < 1.29 is 18.7 Å². The number of hydrogen-bond acceptors (Lipinski definition) is 5. The number of benzene rings is 1. The predicted octanol–water partition coefficient (Wildman–Crippen LogP) is 1.28. The Kier molecular flexibility index (Phi) is 4.86. The Morgan fingerprint density at radius 3 is 2.75 bits per heavy atom. The SMILES string of the molecule is COC[C@@H]1C[C@H](OC)CN1C(=O)c1cnn(-c2ccc(F)cc2)n1. The summed E-state index contributed by atoms with van der Waals surface area (Å²) in [6, 6.07) is 5.68. The van der Waals surface area contributed by atoms with Gasteiger partial charge in [0.25, 0.3) is 5.91 Å². The Morgan fingerprint density at radius 2 is 2.08 bits per heavy atom. The lowest BCUT2D eigenvalue weighted by Gasteiger charge is -2.22. The minimum atomic E-state index is -0.340. The molecule has 1 aliphatic heterocycles. The summed E-state index contributed by atoms with van der Waals surface area (Å²) in [5.74, 6) is -0.558. The summed E-state index contributed by atoms with van der Waals surface area (Å²) in [4.78, 5) is 15.7. The summed E-state index contributed by atoms with van der Waals surface area (Å²) in [7, 11) is 3.24. The van der Waals surface area contributed by atoms with E-state index in [9.17, 15) is 9.18 Å². The van der Waals surface area contributed by atoms with E-state index < -0.39 is 0 Å². The van der Waals surface area contributed by atoms with Crippen LogP contribution in [0.4, 0.5) is 4.39 Å². The van der Waals surface area contributed by atoms with Gasteiger partial charge in [-0.3, -0.25) is 4.79 Å². The van der Waals surface area contributed by atoms with Crippen LogP contribution in [-0.4, -0.2) is 65.3 Å². The van der Waals surface area contributed by atoms with Crippen molar-refractivity contribution in [2.75, 3.05) is 27.4 Å². The van der Waals surface area contributed by atoms with Gasteiger partial charge in [0.2, 0.25) is 0 Å². The van der Waals surface area contributed by atoms with E-state index in [1.165, 1.54) is 23.1 Å². The topological polar surface area (TPSA) is 69.5 Å². The number of ether oxygens (including phenoxy) is 2. The Bertz CT molecular complexity index is 704. The summed E-state index contributed by atoms with van der Waals surface area (Å²) in [5.41, 5.74) is 0.817. The van der Waals surface area contributed by atoms with Crippen molar-refractivity contribution in [1.82, 2.24) is 19.9 Å². The van der Waals surface area contributed by atoms with Crippen molar-refractivity contribution in [3.05, 3.63) is 42.0 Å². The fourth-order valence-corrected chi connectivity index (χ4v) is 2.85. The molecular weight excluding hydrogens is 315 g/mol. The number of carbonyl (C=O) groups excluding carboxylic acids is 1. The first-order chi connectivity index (χ1) is 11.6. The molecule has 1 aliphatic rings. The lowest BCUT2D eigenvalue weighted by molar-refractivity contribution is 0.0606. The maximum absolute atomic E-state index is 13.0. The number of methoxy groups -OCH3 is 2. The number of rotatable bonds is 5. The molecule has 0 radical (unpaired) electrons. The van der Waals surface area contributed by atoms with Gasteiger partial charge >= 0.3 is 0 Å². The predicted molar refractivity (Wildman–Crippen MR) is 83.4 cm³/mol. The summed E-state index contributed by atoms with van der Waals surface area (Å²) in [6.45, 7) is 0.935. The minimum absolute atomic E-state index is 0.0127. The molecule has 1 saturated heterocycles. The maximum Gasteiger partial charge on any atom is 0.276 e. The molecule has 3 rings (SSSR count). The van der Waals surface area contributed by atoms with Crippen molar-refractivity contribution >= 4 is 5.91 Å². The Morgan fingerprint density at radius 1 is 1.33 bits per heavy atom. The molecule has 0 aliphatic carbocycles. The third-order valence-electron chi connectivity index (χ3n) is 4.10. The molecule has 0 unspecified atom stereocenters. The molecule has 0 N–H and O–H groups in total. The number of likely N-dealkylation sites (tertiary alicyclic amines) is 1. The van der Waals surface area contributed by atoms with Crippen molar-refractivity contribution in [1.29, 1.82) is 0 Å². The van der Waals surface area contributed by atoms with E-state index in [-0.39, 0.29) is 29.6 Å². The van der Waals surface area contributed by atoms with Crippen LogP contribution in [0.2, 0.25) is 0 Å². The quantitative estimate of drug-likeness (QED) is 0.824. The van der Waals surface area contributed by atoms with Crippen LogP contribution in [0.15, 0.2) is 30.5 Å². The first-order valence-electron chi connectivity index (χ1n) is 7.63. The highest BCUT2D eigenvalue weighted by Crippen LogP contribution is 2.22. The second kappa shape index (κ2) is 7.06. The van der Waals surface area contributed by atoms with Gasteiger partial charge in [0.15, 0.2) is 5.69 Å². The molecule has 1 aromatic heterocycles. The number of nitrogens with zero attached hydrogens (tertiary/aromatic N) is 4. The molecule has 0 saturated carbocycles. The fourth-order valence-electron chi connectivity index (χ4n) is 2.85. The molecule has 128 valence electrons. The van der Waals surface area contributed by atoms with Gasteiger partial charge < -0.3 is 14.4 Å². The lowest BCUT2D eigenvalue weighted by Crippen LogP contribution is -2.38. The van der Waals surface area contributed by atoms with Gasteiger partial charge in [0.1, 0.15) is 5.82 Å². The summed E-state index contributed by atoms with van der Waals surface area (Å²) < 4.78 is 23.5. The molecule has 1 amide bonds. The van der Waals surface area contributed by atoms with Crippen molar-refractivity contribution in [2.45, 2.75) is 18.6 Å². The van der Waals surface area contributed by atoms with Crippen LogP contribution in [0.1, 0.15) is 16.9 Å². The van der Waals surface area contributed by atoms with E-state index in [1.807, 2.05) is 0 Å². The van der Waals surface area contributed by atoms with Crippen LogP contribution in [0.25, 0.3) is 5.69 Å². The maximum atomic E-state index is 13.0. The van der Waals surface area contributed by atoms with Gasteiger partial charge in [-0.2, -0.15) is 9.90 Å². The van der Waals surface area contributed by atoms with E-state index >= 15 is 0 Å². The molecule has 2 atom stereocenters. The second-order valence-corrected chi connectivity index (χ2v) is 5.66. The molecule has 24 heavy (non-hydrogen) atoms. The average molecular weight is 334 g/mol. The van der Waals surface area contributed by atoms with Crippen LogP contribution in [0.5, 0.6) is 0 Å². The highest BCUT2D eigenvalue weighted by molar-refractivity contribution is 5.92. The van der Waals surface area contributed by atoms with Gasteiger partial charge in [-0.15, -0.1) is 5.10 Å². The molecular formula is C16H19FN4O3. The smallest absolute Gasteiger partial charge is 0.276 e. The van der Waals surface area contributed by atoms with Crippen LogP contribution < -0.4 is 0 Å². The van der Waals surface area contributed by atoms with E-state index in [2.05, 4.69) is 10.2 Å². The number of amides is 1. The monoisotopic (exact) mass is 334 g/mol. The van der Waals surface area contributed by atoms with E-state index in [4.69, 9.17) is 9.47 Å². The molecule has 8 heteroatoms. The lowest BCUT2D eigenvalue weighted by atomic mass is 10.2. The molecule has 2 aromatic rings. The van der Waals surface area contributed by atoms with Gasteiger partial charge in [-0.05, 0) is 30.7 Å². The summed E-state index contributed by atoms with van der Waals surface area (Å²) in [6.07, 6.45) is 2.12. The summed E-state index contributed by atoms with van der Waals surface area (Å²) >= 11 is 0. The fraction of sp³-hybridized carbons (Fsp3) is 0.438. The molecule has 2 heterocycles. The zero-order valence-corrected chi connectivity index (χ0v) is 13.6. The molecule has 1 aromatic carbocycles. The van der Waals surface area contributed by atoms with Gasteiger partial charge in [-0.1, -0.05) is 0 Å². The molecule has 1 fully saturated rings. The first kappa shape index (κ1) is 16.5. The zero-order valence-electron chi connectivity index (χ0n) is 13.6. The highest BCUT2D eigenvalue weighted by atomic mass is 19.1. The number of hydrogen-bond donors (Lipinski definition) is 0. The van der Waals surface area contributed by atoms with Gasteiger partial charge in [0.05, 0.1) is 30.6 Å². The third-order valence-corrected chi connectivity index (χ3v) is 4.10. The highest BCUT2D eigenvalue weighted by Gasteiger charge is 2.36. The third kappa shape index (κ3) is 3.29. The second-order valence-electron chi connectivity index (χ2n) is 5.66. The van der Waals surface area contributed by atoms with Crippen LogP contribution >= 0.6 is 0 Å². The van der Waals surface area contributed by atoms with E-state index in [0.717, 1.165) is 6.42 Å². The van der Waals surface area contributed by atoms with Crippen LogP contribution in [-0.2, 0) is 9.47 Å². The molecule has 7 nitrogen and oxygen atoms in total. The number of aromatic nitrogens is 3. The van der Waals surface area contributed by atoms with Crippen molar-refractivity contribution in [3.63, 3.8) is 0 Å². The zero-order chi connectivity index (χ0) is 17.1. The Hall–Kier alpha value is -2.32. The Labute approximate surface area is 139 Å². The van der Waals surface area contributed by atoms with Crippen molar-refractivity contribution in [3.8, 4) is 5.69 Å². The van der Waals surface area contributed by atoms with Gasteiger partial charge in [-0.25, -0.2) is 4.39 Å². The van der Waals surface area contributed by atoms with Gasteiger partial charge in [0, 0.05) is 20.8 Å². The van der Waals surface area contributed by atoms with E-state index in [0.29, 0.717) is 18.8 Å². The number of carbonyl (C=O) groups is 1. The van der Waals surface area contributed by atoms with Crippen LogP contribution in [0, 0.1) is 5.82 Å². The molecule has 0 spiro atoms.